The predicted molar refractivity (Wildman–Crippen MR) is 115 cm³/mol. The van der Waals surface area contributed by atoms with E-state index in [1.807, 2.05) is 12.1 Å². The first-order valence-corrected chi connectivity index (χ1v) is 10.7. The number of piperidine rings is 1. The molecule has 1 fully saturated rings. The Bertz CT molecular complexity index is 803. The van der Waals surface area contributed by atoms with E-state index in [4.69, 9.17) is 15.2 Å². The van der Waals surface area contributed by atoms with Crippen LogP contribution in [0, 0.1) is 6.92 Å². The first kappa shape index (κ1) is 23.4. The molecule has 1 aliphatic rings. The number of likely N-dealkylation sites (tertiary alicyclic amines) is 1. The maximum atomic E-state index is 12.7. The molecule has 0 aromatic heterocycles. The monoisotopic (exact) mass is 435 g/mol. The lowest BCUT2D eigenvalue weighted by Gasteiger charge is -2.30. The van der Waals surface area contributed by atoms with Gasteiger partial charge in [-0.25, -0.2) is 0 Å². The van der Waals surface area contributed by atoms with Crippen LogP contribution in [0.3, 0.4) is 0 Å². The van der Waals surface area contributed by atoms with Crippen LogP contribution in [0.5, 0.6) is 11.5 Å². The van der Waals surface area contributed by atoms with Gasteiger partial charge in [-0.2, -0.15) is 13.2 Å². The van der Waals surface area contributed by atoms with Crippen LogP contribution >= 0.6 is 0 Å². The maximum absolute atomic E-state index is 12.7. The zero-order valence-electron chi connectivity index (χ0n) is 17.7. The lowest BCUT2D eigenvalue weighted by Crippen LogP contribution is -2.42. The van der Waals surface area contributed by atoms with Crippen molar-refractivity contribution in [3.63, 3.8) is 0 Å². The second kappa shape index (κ2) is 10.4. The smallest absolute Gasteiger partial charge is 0.416 e. The van der Waals surface area contributed by atoms with Crippen molar-refractivity contribution in [2.45, 2.75) is 44.0 Å². The van der Waals surface area contributed by atoms with Crippen molar-refractivity contribution >= 4 is 0 Å². The second-order valence-electron chi connectivity index (χ2n) is 7.89. The van der Waals surface area contributed by atoms with Crippen molar-refractivity contribution in [1.29, 1.82) is 0 Å². The number of rotatable bonds is 9. The van der Waals surface area contributed by atoms with Gasteiger partial charge in [-0.3, -0.25) is 5.73 Å². The summed E-state index contributed by atoms with van der Waals surface area (Å²) in [6.07, 6.45) is 0.669. The van der Waals surface area contributed by atoms with Gasteiger partial charge in [0.05, 0.1) is 12.2 Å². The Labute approximate surface area is 182 Å². The number of nitrogens with zero attached hydrogens (tertiary/aromatic N) is 1. The largest absolute Gasteiger partial charge is 0.494 e. The minimum Gasteiger partial charge on any atom is -0.494 e. The number of alkyl halides is 3. The zero-order chi connectivity index (χ0) is 22.3. The van der Waals surface area contributed by atoms with Crippen molar-refractivity contribution in [3.05, 3.63) is 66.6 Å². The standard InChI is InChI=1S/C24H30F3N2O2/c1-2-23(28,31-22-13-9-20(10-14-22)24(25,26)27)19-7-11-21(12-8-19)30-18-6-17-29-15-4-3-5-16-29/h7-14H,1-6,15-18,28H2. The van der Waals surface area contributed by atoms with Crippen LogP contribution in [0.2, 0.25) is 0 Å². The summed E-state index contributed by atoms with van der Waals surface area (Å²) >= 11 is 0. The molecule has 1 heterocycles. The highest BCUT2D eigenvalue weighted by Crippen LogP contribution is 2.32. The first-order valence-electron chi connectivity index (χ1n) is 10.7. The summed E-state index contributed by atoms with van der Waals surface area (Å²) in [4.78, 5) is 2.48. The Morgan fingerprint density at radius 2 is 1.45 bits per heavy atom. The van der Waals surface area contributed by atoms with Crippen LogP contribution in [0.15, 0.2) is 48.5 Å². The average molecular weight is 436 g/mol. The summed E-state index contributed by atoms with van der Waals surface area (Å²) in [5.41, 5.74) is 5.05. The molecular formula is C24H30F3N2O2. The second-order valence-corrected chi connectivity index (χ2v) is 7.89. The van der Waals surface area contributed by atoms with E-state index >= 15 is 0 Å². The molecule has 2 aromatic carbocycles. The van der Waals surface area contributed by atoms with Gasteiger partial charge in [-0.15, -0.1) is 0 Å². The lowest BCUT2D eigenvalue weighted by molar-refractivity contribution is -0.137. The van der Waals surface area contributed by atoms with E-state index in [0.717, 1.165) is 30.8 Å². The molecule has 0 amide bonds. The van der Waals surface area contributed by atoms with Crippen LogP contribution in [-0.2, 0) is 11.9 Å². The first-order chi connectivity index (χ1) is 14.8. The van der Waals surface area contributed by atoms with Crippen molar-refractivity contribution in [2.75, 3.05) is 26.2 Å². The molecule has 0 bridgehead atoms. The SMILES string of the molecule is [CH2]CC(N)(Oc1ccc(C(F)(F)F)cc1)c1ccc(OCCCN2CCCCC2)cc1. The van der Waals surface area contributed by atoms with Gasteiger partial charge in [0, 0.05) is 18.5 Å². The van der Waals surface area contributed by atoms with E-state index in [9.17, 15) is 13.2 Å². The van der Waals surface area contributed by atoms with E-state index in [2.05, 4.69) is 11.8 Å². The van der Waals surface area contributed by atoms with Gasteiger partial charge in [0.1, 0.15) is 11.5 Å². The fraction of sp³-hybridized carbons (Fsp3) is 0.458. The molecular weight excluding hydrogens is 405 g/mol. The Morgan fingerprint density at radius 1 is 0.871 bits per heavy atom. The normalized spacial score (nSPS) is 17.2. The van der Waals surface area contributed by atoms with Gasteiger partial charge >= 0.3 is 6.18 Å². The molecule has 0 spiro atoms. The maximum Gasteiger partial charge on any atom is 0.416 e. The third-order valence-electron chi connectivity index (χ3n) is 5.53. The quantitative estimate of drug-likeness (QED) is 0.425. The Hall–Kier alpha value is -2.25. The Balaban J connectivity index is 1.54. The van der Waals surface area contributed by atoms with Crippen molar-refractivity contribution in [3.8, 4) is 11.5 Å². The number of hydrogen-bond donors (Lipinski definition) is 1. The highest BCUT2D eigenvalue weighted by molar-refractivity contribution is 5.34. The van der Waals surface area contributed by atoms with Gasteiger partial charge < -0.3 is 14.4 Å². The van der Waals surface area contributed by atoms with E-state index < -0.39 is 17.5 Å². The molecule has 0 saturated carbocycles. The van der Waals surface area contributed by atoms with E-state index in [0.29, 0.717) is 12.2 Å². The van der Waals surface area contributed by atoms with Gasteiger partial charge in [-0.1, -0.05) is 6.42 Å². The fourth-order valence-electron chi connectivity index (χ4n) is 3.67. The summed E-state index contributed by atoms with van der Waals surface area (Å²) in [5, 5.41) is 0. The minimum absolute atomic E-state index is 0.198. The predicted octanol–water partition coefficient (Wildman–Crippen LogP) is 5.37. The third-order valence-corrected chi connectivity index (χ3v) is 5.53. The van der Waals surface area contributed by atoms with Gasteiger partial charge in [0.15, 0.2) is 5.72 Å². The number of nitrogens with two attached hydrogens (primary N) is 1. The molecule has 2 aromatic rings. The molecule has 1 aliphatic heterocycles. The molecule has 7 heteroatoms. The summed E-state index contributed by atoms with van der Waals surface area (Å²) in [5.74, 6) is 0.987. The number of halogens is 3. The van der Waals surface area contributed by atoms with Gasteiger partial charge in [-0.05, 0) is 87.8 Å². The molecule has 1 radical (unpaired) electrons. The average Bonchev–Trinajstić information content (AvgIpc) is 2.77. The molecule has 169 valence electrons. The van der Waals surface area contributed by atoms with E-state index in [-0.39, 0.29) is 12.2 Å². The van der Waals surface area contributed by atoms with E-state index in [1.165, 1.54) is 44.5 Å². The molecule has 31 heavy (non-hydrogen) atoms. The van der Waals surface area contributed by atoms with Crippen LogP contribution < -0.4 is 15.2 Å². The summed E-state index contributed by atoms with van der Waals surface area (Å²) < 4.78 is 49.9. The van der Waals surface area contributed by atoms with Crippen molar-refractivity contribution in [2.24, 2.45) is 5.73 Å². The minimum atomic E-state index is -4.39. The summed E-state index contributed by atoms with van der Waals surface area (Å²) in [6, 6.07) is 11.7. The lowest BCUT2D eigenvalue weighted by atomic mass is 10.0. The van der Waals surface area contributed by atoms with Gasteiger partial charge in [0.2, 0.25) is 0 Å². The zero-order valence-corrected chi connectivity index (χ0v) is 17.7. The molecule has 2 N–H and O–H groups in total. The topological polar surface area (TPSA) is 47.7 Å². The van der Waals surface area contributed by atoms with Crippen LogP contribution in [0.4, 0.5) is 13.2 Å². The van der Waals surface area contributed by atoms with E-state index in [1.54, 1.807) is 12.1 Å². The van der Waals surface area contributed by atoms with Crippen LogP contribution in [0.25, 0.3) is 0 Å². The fourth-order valence-corrected chi connectivity index (χ4v) is 3.67. The van der Waals surface area contributed by atoms with Crippen LogP contribution in [0.1, 0.15) is 43.2 Å². The highest BCUT2D eigenvalue weighted by atomic mass is 19.4. The molecule has 1 atom stereocenters. The summed E-state index contributed by atoms with van der Waals surface area (Å²) in [6.45, 7) is 7.89. The van der Waals surface area contributed by atoms with Crippen molar-refractivity contribution in [1.82, 2.24) is 4.90 Å². The molecule has 1 unspecified atom stereocenters. The Morgan fingerprint density at radius 3 is 2.03 bits per heavy atom. The summed E-state index contributed by atoms with van der Waals surface area (Å²) in [7, 11) is 0. The number of ether oxygens (including phenoxy) is 2. The van der Waals surface area contributed by atoms with Crippen molar-refractivity contribution < 1.29 is 22.6 Å². The number of hydrogen-bond acceptors (Lipinski definition) is 4. The molecule has 1 saturated heterocycles. The molecule has 3 rings (SSSR count). The molecule has 0 aliphatic carbocycles. The Kier molecular flexibility index (Phi) is 7.84. The van der Waals surface area contributed by atoms with Crippen LogP contribution in [-0.4, -0.2) is 31.1 Å². The molecule has 4 nitrogen and oxygen atoms in total. The third kappa shape index (κ3) is 6.61. The number of benzene rings is 2. The highest BCUT2D eigenvalue weighted by Gasteiger charge is 2.31. The van der Waals surface area contributed by atoms with Gasteiger partial charge in [0.25, 0.3) is 0 Å².